The lowest BCUT2D eigenvalue weighted by atomic mass is 9.96. The van der Waals surface area contributed by atoms with Gasteiger partial charge in [0.15, 0.2) is 0 Å². The number of sulfonamides is 1. The third-order valence-electron chi connectivity index (χ3n) is 5.79. The highest BCUT2D eigenvalue weighted by molar-refractivity contribution is 7.89. The molecule has 162 valence electrons. The molecule has 0 saturated heterocycles. The van der Waals surface area contributed by atoms with Crippen molar-refractivity contribution < 1.29 is 13.2 Å². The van der Waals surface area contributed by atoms with Gasteiger partial charge in [-0.25, -0.2) is 8.42 Å². The summed E-state index contributed by atoms with van der Waals surface area (Å²) < 4.78 is 27.6. The molecular formula is C23H31N3O3S. The molecule has 1 saturated carbocycles. The molecule has 1 aliphatic carbocycles. The van der Waals surface area contributed by atoms with Crippen molar-refractivity contribution in [2.75, 3.05) is 32.1 Å². The van der Waals surface area contributed by atoms with Gasteiger partial charge in [0.1, 0.15) is 0 Å². The number of amides is 1. The van der Waals surface area contributed by atoms with Gasteiger partial charge in [0, 0.05) is 44.5 Å². The van der Waals surface area contributed by atoms with Crippen LogP contribution in [0.5, 0.6) is 0 Å². The Morgan fingerprint density at radius 3 is 2.40 bits per heavy atom. The van der Waals surface area contributed by atoms with E-state index in [0.717, 1.165) is 31.4 Å². The Hall–Kier alpha value is -2.38. The van der Waals surface area contributed by atoms with E-state index in [0.29, 0.717) is 18.7 Å². The number of nitrogens with one attached hydrogen (secondary N) is 1. The number of benzene rings is 2. The van der Waals surface area contributed by atoms with Crippen molar-refractivity contribution in [3.05, 3.63) is 60.2 Å². The molecule has 3 rings (SSSR count). The van der Waals surface area contributed by atoms with Crippen LogP contribution in [0, 0.1) is 0 Å². The van der Waals surface area contributed by atoms with Crippen molar-refractivity contribution in [2.45, 2.75) is 43.0 Å². The maximum absolute atomic E-state index is 13.1. The summed E-state index contributed by atoms with van der Waals surface area (Å²) in [5, 5.41) is 2.88. The summed E-state index contributed by atoms with van der Waals surface area (Å²) in [6.45, 7) is 1.11. The van der Waals surface area contributed by atoms with E-state index in [4.69, 9.17) is 0 Å². The number of hydrogen-bond donors (Lipinski definition) is 1. The van der Waals surface area contributed by atoms with Crippen LogP contribution in [0.15, 0.2) is 59.5 Å². The lowest BCUT2D eigenvalue weighted by Gasteiger charge is -2.30. The van der Waals surface area contributed by atoms with E-state index in [9.17, 15) is 13.2 Å². The second kappa shape index (κ2) is 10.1. The maximum atomic E-state index is 13.1. The Morgan fingerprint density at radius 1 is 1.00 bits per heavy atom. The monoisotopic (exact) mass is 429 g/mol. The number of nitrogens with zero attached hydrogens (tertiary/aromatic N) is 2. The molecule has 0 spiro atoms. The van der Waals surface area contributed by atoms with Gasteiger partial charge < -0.3 is 10.2 Å². The summed E-state index contributed by atoms with van der Waals surface area (Å²) in [6.07, 6.45) is 5.07. The largest absolute Gasteiger partial charge is 0.373 e. The van der Waals surface area contributed by atoms with E-state index in [1.165, 1.54) is 16.8 Å². The number of likely N-dealkylation sites (N-methyl/N-ethyl adjacent to an activating group) is 1. The zero-order chi connectivity index (χ0) is 21.6. The summed E-state index contributed by atoms with van der Waals surface area (Å²) in [4.78, 5) is 14.8. The van der Waals surface area contributed by atoms with E-state index in [1.54, 1.807) is 25.2 Å². The predicted octanol–water partition coefficient (Wildman–Crippen LogP) is 3.51. The van der Waals surface area contributed by atoms with Crippen molar-refractivity contribution in [3.63, 3.8) is 0 Å². The van der Waals surface area contributed by atoms with Crippen LogP contribution in [0.1, 0.15) is 42.5 Å². The minimum Gasteiger partial charge on any atom is -0.373 e. The van der Waals surface area contributed by atoms with Crippen molar-refractivity contribution in [3.8, 4) is 0 Å². The summed E-state index contributed by atoms with van der Waals surface area (Å²) in [5.41, 5.74) is 1.43. The van der Waals surface area contributed by atoms with E-state index in [1.807, 2.05) is 37.4 Å². The average Bonchev–Trinajstić information content (AvgIpc) is 2.79. The average molecular weight is 430 g/mol. The van der Waals surface area contributed by atoms with Crippen LogP contribution in [-0.4, -0.2) is 51.9 Å². The fourth-order valence-electron chi connectivity index (χ4n) is 3.86. The minimum atomic E-state index is -3.62. The Kier molecular flexibility index (Phi) is 7.50. The SMILES string of the molecule is CN(CCNC(=O)c1cccc(S(=O)(=O)N(C)C2CCCCC2)c1)c1ccccc1. The fourth-order valence-corrected chi connectivity index (χ4v) is 5.32. The second-order valence-corrected chi connectivity index (χ2v) is 9.85. The first-order valence-corrected chi connectivity index (χ1v) is 12.0. The lowest BCUT2D eigenvalue weighted by molar-refractivity contribution is 0.0954. The van der Waals surface area contributed by atoms with Crippen LogP contribution in [0.4, 0.5) is 5.69 Å². The lowest BCUT2D eigenvalue weighted by Crippen LogP contribution is -2.38. The first kappa shape index (κ1) is 22.3. The zero-order valence-electron chi connectivity index (χ0n) is 17.8. The number of anilines is 1. The van der Waals surface area contributed by atoms with Crippen LogP contribution in [0.25, 0.3) is 0 Å². The highest BCUT2D eigenvalue weighted by atomic mass is 32.2. The van der Waals surface area contributed by atoms with Gasteiger partial charge in [-0.1, -0.05) is 43.5 Å². The van der Waals surface area contributed by atoms with Gasteiger partial charge in [0.05, 0.1) is 4.90 Å². The minimum absolute atomic E-state index is 0.0368. The molecule has 6 nitrogen and oxygen atoms in total. The molecular weight excluding hydrogens is 398 g/mol. The van der Waals surface area contributed by atoms with E-state index in [2.05, 4.69) is 10.2 Å². The summed E-state index contributed by atoms with van der Waals surface area (Å²) in [5.74, 6) is -0.270. The first-order chi connectivity index (χ1) is 14.4. The second-order valence-electron chi connectivity index (χ2n) is 7.85. The number of carbonyl (C=O) groups excluding carboxylic acids is 1. The number of para-hydroxylation sites is 1. The molecule has 1 fully saturated rings. The molecule has 2 aromatic carbocycles. The molecule has 0 aliphatic heterocycles. The van der Waals surface area contributed by atoms with Gasteiger partial charge in [-0.3, -0.25) is 4.79 Å². The van der Waals surface area contributed by atoms with Crippen LogP contribution in [0.3, 0.4) is 0 Å². The van der Waals surface area contributed by atoms with Crippen molar-refractivity contribution in [1.82, 2.24) is 9.62 Å². The Balaban J connectivity index is 1.62. The smallest absolute Gasteiger partial charge is 0.251 e. The molecule has 2 aromatic rings. The van der Waals surface area contributed by atoms with Crippen LogP contribution in [-0.2, 0) is 10.0 Å². The molecule has 0 aromatic heterocycles. The summed E-state index contributed by atoms with van der Waals surface area (Å²) in [7, 11) is -0.00118. The van der Waals surface area contributed by atoms with Crippen LogP contribution >= 0.6 is 0 Å². The van der Waals surface area contributed by atoms with E-state index >= 15 is 0 Å². The van der Waals surface area contributed by atoms with Gasteiger partial charge in [0.2, 0.25) is 10.0 Å². The van der Waals surface area contributed by atoms with Gasteiger partial charge in [-0.2, -0.15) is 4.31 Å². The van der Waals surface area contributed by atoms with Crippen molar-refractivity contribution in [2.24, 2.45) is 0 Å². The number of rotatable bonds is 8. The van der Waals surface area contributed by atoms with Gasteiger partial charge in [-0.15, -0.1) is 0 Å². The molecule has 1 amide bonds. The van der Waals surface area contributed by atoms with Gasteiger partial charge >= 0.3 is 0 Å². The highest BCUT2D eigenvalue weighted by Gasteiger charge is 2.29. The topological polar surface area (TPSA) is 69.7 Å². The van der Waals surface area contributed by atoms with Crippen LogP contribution < -0.4 is 10.2 Å². The van der Waals surface area contributed by atoms with E-state index < -0.39 is 10.0 Å². The van der Waals surface area contributed by atoms with Crippen LogP contribution in [0.2, 0.25) is 0 Å². The molecule has 0 unspecified atom stereocenters. The molecule has 0 atom stereocenters. The third-order valence-corrected chi connectivity index (χ3v) is 7.70. The van der Waals surface area contributed by atoms with Crippen molar-refractivity contribution >= 4 is 21.6 Å². The van der Waals surface area contributed by atoms with Crippen molar-refractivity contribution in [1.29, 1.82) is 0 Å². The number of hydrogen-bond acceptors (Lipinski definition) is 4. The van der Waals surface area contributed by atoms with Gasteiger partial charge in [0.25, 0.3) is 5.91 Å². The Labute approximate surface area is 179 Å². The number of carbonyl (C=O) groups is 1. The maximum Gasteiger partial charge on any atom is 0.251 e. The van der Waals surface area contributed by atoms with Gasteiger partial charge in [-0.05, 0) is 43.2 Å². The quantitative estimate of drug-likeness (QED) is 0.697. The standard InChI is InChI=1S/C23H31N3O3S/c1-25(20-11-5-3-6-12-20)17-16-24-23(27)19-10-9-15-22(18-19)30(28,29)26(2)21-13-7-4-8-14-21/h3,5-6,9-12,15,18,21H,4,7-8,13-14,16-17H2,1-2H3,(H,24,27). The Bertz CT molecular complexity index is 941. The zero-order valence-corrected chi connectivity index (χ0v) is 18.6. The Morgan fingerprint density at radius 2 is 1.70 bits per heavy atom. The molecule has 0 bridgehead atoms. The molecule has 0 radical (unpaired) electrons. The fraction of sp³-hybridized carbons (Fsp3) is 0.435. The highest BCUT2D eigenvalue weighted by Crippen LogP contribution is 2.26. The summed E-state index contributed by atoms with van der Waals surface area (Å²) in [6, 6.07) is 16.3. The van der Waals surface area contributed by atoms with E-state index in [-0.39, 0.29) is 16.8 Å². The molecule has 30 heavy (non-hydrogen) atoms. The normalized spacial score (nSPS) is 15.2. The molecule has 7 heteroatoms. The molecule has 1 aliphatic rings. The third kappa shape index (κ3) is 5.40. The molecule has 0 heterocycles. The summed E-state index contributed by atoms with van der Waals surface area (Å²) >= 11 is 0. The molecule has 1 N–H and O–H groups in total. The predicted molar refractivity (Wildman–Crippen MR) is 120 cm³/mol. The first-order valence-electron chi connectivity index (χ1n) is 10.5.